The van der Waals surface area contributed by atoms with Gasteiger partial charge in [0.2, 0.25) is 0 Å². The van der Waals surface area contributed by atoms with E-state index in [-0.39, 0.29) is 0 Å². The molecule has 0 aliphatic carbocycles. The first kappa shape index (κ1) is 12.0. The average Bonchev–Trinajstić information content (AvgIpc) is 2.20. The lowest BCUT2D eigenvalue weighted by Crippen LogP contribution is -2.34. The maximum atomic E-state index is 5.92. The van der Waals surface area contributed by atoms with E-state index in [2.05, 4.69) is 15.9 Å². The minimum Gasteiger partial charge on any atom is -0.372 e. The van der Waals surface area contributed by atoms with Gasteiger partial charge in [-0.05, 0) is 25.1 Å². The Morgan fingerprint density at radius 2 is 2.21 bits per heavy atom. The van der Waals surface area contributed by atoms with Crippen LogP contribution in [0.15, 0.2) is 22.7 Å². The summed E-state index contributed by atoms with van der Waals surface area (Å²) in [5.74, 6) is 0. The molecule has 0 saturated carbocycles. The van der Waals surface area contributed by atoms with E-state index in [1.165, 1.54) is 0 Å². The van der Waals surface area contributed by atoms with Crippen molar-refractivity contribution in [3.8, 4) is 0 Å². The summed E-state index contributed by atoms with van der Waals surface area (Å²) in [6.07, 6.45) is 0. The zero-order valence-electron chi connectivity index (χ0n) is 8.18. The first-order valence-corrected chi connectivity index (χ1v) is 5.41. The summed E-state index contributed by atoms with van der Waals surface area (Å²) >= 11 is 9.37. The molecule has 2 N–H and O–H groups in total. The molecular weight excluding hydrogens is 265 g/mol. The van der Waals surface area contributed by atoms with Crippen LogP contribution in [0.1, 0.15) is 12.5 Å². The molecule has 1 aromatic rings. The molecule has 78 valence electrons. The molecule has 2 nitrogen and oxygen atoms in total. The number of ether oxygens (including phenoxy) is 1. The fourth-order valence-corrected chi connectivity index (χ4v) is 2.04. The standard InChI is InChI=1S/C10H13BrClNO/c1-10(6-13,14-2)8-5-7(12)3-4-9(8)11/h3-5H,6,13H2,1-2H3. The van der Waals surface area contributed by atoms with E-state index in [0.717, 1.165) is 10.0 Å². The monoisotopic (exact) mass is 277 g/mol. The minimum atomic E-state index is -0.496. The average molecular weight is 279 g/mol. The number of nitrogens with two attached hydrogens (primary N) is 1. The third-order valence-corrected chi connectivity index (χ3v) is 3.26. The molecule has 1 unspecified atom stereocenters. The largest absolute Gasteiger partial charge is 0.372 e. The summed E-state index contributed by atoms with van der Waals surface area (Å²) in [6.45, 7) is 2.34. The van der Waals surface area contributed by atoms with E-state index in [0.29, 0.717) is 11.6 Å². The smallest absolute Gasteiger partial charge is 0.103 e. The Morgan fingerprint density at radius 3 is 2.71 bits per heavy atom. The van der Waals surface area contributed by atoms with Gasteiger partial charge in [-0.1, -0.05) is 27.5 Å². The highest BCUT2D eigenvalue weighted by atomic mass is 79.9. The van der Waals surface area contributed by atoms with E-state index in [4.69, 9.17) is 22.1 Å². The molecule has 0 aliphatic heterocycles. The number of benzene rings is 1. The van der Waals surface area contributed by atoms with Crippen molar-refractivity contribution in [1.82, 2.24) is 0 Å². The molecule has 0 saturated heterocycles. The SMILES string of the molecule is COC(C)(CN)c1cc(Cl)ccc1Br. The third-order valence-electron chi connectivity index (χ3n) is 2.34. The number of rotatable bonds is 3. The van der Waals surface area contributed by atoms with Gasteiger partial charge in [0, 0.05) is 28.7 Å². The van der Waals surface area contributed by atoms with Crippen molar-refractivity contribution in [2.45, 2.75) is 12.5 Å². The molecule has 0 heterocycles. The van der Waals surface area contributed by atoms with Crippen molar-refractivity contribution < 1.29 is 4.74 Å². The van der Waals surface area contributed by atoms with Crippen molar-refractivity contribution in [2.75, 3.05) is 13.7 Å². The molecule has 0 amide bonds. The normalized spacial score (nSPS) is 15.2. The van der Waals surface area contributed by atoms with Gasteiger partial charge in [-0.2, -0.15) is 0 Å². The van der Waals surface area contributed by atoms with Gasteiger partial charge in [-0.3, -0.25) is 0 Å². The predicted octanol–water partition coefficient (Wildman–Crippen LogP) is 2.92. The lowest BCUT2D eigenvalue weighted by Gasteiger charge is -2.28. The van der Waals surface area contributed by atoms with E-state index in [1.54, 1.807) is 7.11 Å². The van der Waals surface area contributed by atoms with Crippen LogP contribution in [-0.4, -0.2) is 13.7 Å². The van der Waals surface area contributed by atoms with Crippen molar-refractivity contribution >= 4 is 27.5 Å². The van der Waals surface area contributed by atoms with Crippen LogP contribution in [0.25, 0.3) is 0 Å². The van der Waals surface area contributed by atoms with Gasteiger partial charge in [-0.15, -0.1) is 0 Å². The Labute approximate surface area is 97.5 Å². The van der Waals surface area contributed by atoms with Crippen LogP contribution in [-0.2, 0) is 10.3 Å². The lowest BCUT2D eigenvalue weighted by atomic mass is 9.96. The van der Waals surface area contributed by atoms with Crippen molar-refractivity contribution in [3.05, 3.63) is 33.3 Å². The quantitative estimate of drug-likeness (QED) is 0.923. The van der Waals surface area contributed by atoms with Crippen LogP contribution < -0.4 is 5.73 Å². The Balaban J connectivity index is 3.22. The Bertz CT molecular complexity index is 326. The fraction of sp³-hybridized carbons (Fsp3) is 0.400. The summed E-state index contributed by atoms with van der Waals surface area (Å²) in [7, 11) is 1.64. The summed E-state index contributed by atoms with van der Waals surface area (Å²) in [5, 5.41) is 0.680. The summed E-state index contributed by atoms with van der Waals surface area (Å²) in [6, 6.07) is 5.58. The highest BCUT2D eigenvalue weighted by molar-refractivity contribution is 9.10. The number of hydrogen-bond acceptors (Lipinski definition) is 2. The molecule has 1 aromatic carbocycles. The van der Waals surface area contributed by atoms with Gasteiger partial charge in [0.15, 0.2) is 0 Å². The maximum absolute atomic E-state index is 5.92. The zero-order valence-corrected chi connectivity index (χ0v) is 10.5. The highest BCUT2D eigenvalue weighted by Crippen LogP contribution is 2.32. The Hall–Kier alpha value is -0.0900. The minimum absolute atomic E-state index is 0.405. The van der Waals surface area contributed by atoms with E-state index in [9.17, 15) is 0 Å². The topological polar surface area (TPSA) is 35.2 Å². The summed E-state index contributed by atoms with van der Waals surface area (Å²) in [5.41, 5.74) is 6.15. The molecule has 14 heavy (non-hydrogen) atoms. The van der Waals surface area contributed by atoms with Crippen LogP contribution >= 0.6 is 27.5 Å². The summed E-state index contributed by atoms with van der Waals surface area (Å²) in [4.78, 5) is 0. The van der Waals surface area contributed by atoms with Crippen LogP contribution in [0.2, 0.25) is 5.02 Å². The number of methoxy groups -OCH3 is 1. The fourth-order valence-electron chi connectivity index (χ4n) is 1.21. The predicted molar refractivity (Wildman–Crippen MR) is 62.6 cm³/mol. The molecule has 1 atom stereocenters. The number of hydrogen-bond donors (Lipinski definition) is 1. The molecular formula is C10H13BrClNO. The van der Waals surface area contributed by atoms with Gasteiger partial charge >= 0.3 is 0 Å². The van der Waals surface area contributed by atoms with Gasteiger partial charge in [0.1, 0.15) is 5.60 Å². The zero-order chi connectivity index (χ0) is 10.8. The second kappa shape index (κ2) is 4.62. The van der Waals surface area contributed by atoms with Crippen LogP contribution in [0.5, 0.6) is 0 Å². The third kappa shape index (κ3) is 2.28. The highest BCUT2D eigenvalue weighted by Gasteiger charge is 2.26. The lowest BCUT2D eigenvalue weighted by molar-refractivity contribution is 0.00948. The van der Waals surface area contributed by atoms with Gasteiger partial charge < -0.3 is 10.5 Å². The van der Waals surface area contributed by atoms with Crippen molar-refractivity contribution in [3.63, 3.8) is 0 Å². The van der Waals surface area contributed by atoms with Gasteiger partial charge in [0.25, 0.3) is 0 Å². The first-order chi connectivity index (χ1) is 6.53. The molecule has 0 radical (unpaired) electrons. The Kier molecular flexibility index (Phi) is 3.95. The van der Waals surface area contributed by atoms with E-state index < -0.39 is 5.60 Å². The number of halogens is 2. The van der Waals surface area contributed by atoms with Crippen LogP contribution in [0.4, 0.5) is 0 Å². The second-order valence-corrected chi connectivity index (χ2v) is 4.55. The molecule has 0 fully saturated rings. The van der Waals surface area contributed by atoms with E-state index in [1.807, 2.05) is 25.1 Å². The van der Waals surface area contributed by atoms with Gasteiger partial charge in [-0.25, -0.2) is 0 Å². The van der Waals surface area contributed by atoms with Crippen molar-refractivity contribution in [1.29, 1.82) is 0 Å². The molecule has 0 bridgehead atoms. The molecule has 0 aliphatic rings. The second-order valence-electron chi connectivity index (χ2n) is 3.26. The van der Waals surface area contributed by atoms with Crippen LogP contribution in [0.3, 0.4) is 0 Å². The molecule has 0 spiro atoms. The molecule has 1 rings (SSSR count). The van der Waals surface area contributed by atoms with E-state index >= 15 is 0 Å². The molecule has 4 heteroatoms. The molecule has 0 aromatic heterocycles. The van der Waals surface area contributed by atoms with Crippen molar-refractivity contribution in [2.24, 2.45) is 5.73 Å². The van der Waals surface area contributed by atoms with Crippen LogP contribution in [0, 0.1) is 0 Å². The summed E-state index contributed by atoms with van der Waals surface area (Å²) < 4.78 is 6.35. The van der Waals surface area contributed by atoms with Gasteiger partial charge in [0.05, 0.1) is 0 Å². The first-order valence-electron chi connectivity index (χ1n) is 4.24. The maximum Gasteiger partial charge on any atom is 0.103 e. The Morgan fingerprint density at radius 1 is 1.57 bits per heavy atom.